The van der Waals surface area contributed by atoms with Crippen LogP contribution in [0, 0.1) is 5.82 Å². The van der Waals surface area contributed by atoms with Crippen LogP contribution in [-0.2, 0) is 5.54 Å². The molecule has 168 valence electrons. The molecule has 33 heavy (non-hydrogen) atoms. The highest BCUT2D eigenvalue weighted by Gasteiger charge is 2.48. The Morgan fingerprint density at radius 1 is 1.09 bits per heavy atom. The van der Waals surface area contributed by atoms with E-state index >= 15 is 0 Å². The molecule has 6 rings (SSSR count). The molecule has 9 heteroatoms. The van der Waals surface area contributed by atoms with Crippen molar-refractivity contribution in [1.29, 1.82) is 0 Å². The van der Waals surface area contributed by atoms with Crippen molar-refractivity contribution in [3.05, 3.63) is 65.6 Å². The average Bonchev–Trinajstić information content (AvgIpc) is 3.48. The summed E-state index contributed by atoms with van der Waals surface area (Å²) in [7, 11) is 0. The molecule has 1 fully saturated rings. The molecule has 4 heterocycles. The first kappa shape index (κ1) is 19.8. The Hall–Kier alpha value is -3.88. The fourth-order valence-corrected chi connectivity index (χ4v) is 4.70. The van der Waals surface area contributed by atoms with E-state index in [-0.39, 0.29) is 30.1 Å². The molecule has 0 unspecified atom stereocenters. The molecule has 2 atom stereocenters. The van der Waals surface area contributed by atoms with E-state index in [1.165, 1.54) is 12.1 Å². The monoisotopic (exact) mass is 447 g/mol. The summed E-state index contributed by atoms with van der Waals surface area (Å²) in [5, 5.41) is 7.57. The number of hydrogen-bond donors (Lipinski definition) is 1. The molecule has 0 saturated carbocycles. The molecule has 2 aromatic carbocycles. The van der Waals surface area contributed by atoms with Crippen molar-refractivity contribution < 1.29 is 18.7 Å². The van der Waals surface area contributed by atoms with Gasteiger partial charge in [-0.1, -0.05) is 6.07 Å². The second-order valence-electron chi connectivity index (χ2n) is 9.31. The van der Waals surface area contributed by atoms with E-state index in [4.69, 9.17) is 14.5 Å². The van der Waals surface area contributed by atoms with Gasteiger partial charge in [-0.3, -0.25) is 10.2 Å². The van der Waals surface area contributed by atoms with Gasteiger partial charge in [-0.2, -0.15) is 5.10 Å². The molecule has 3 aliphatic rings. The number of amides is 2. The second kappa shape index (κ2) is 6.81. The molecule has 3 aliphatic heterocycles. The number of anilines is 1. The van der Waals surface area contributed by atoms with E-state index in [9.17, 15) is 9.18 Å². The number of carbonyl (C=O) groups excluding carboxylic acids is 1. The summed E-state index contributed by atoms with van der Waals surface area (Å²) in [6.45, 7) is 6.34. The van der Waals surface area contributed by atoms with Crippen LogP contribution in [0.15, 0.2) is 53.7 Å². The van der Waals surface area contributed by atoms with Crippen molar-refractivity contribution in [2.24, 2.45) is 4.99 Å². The zero-order valence-electron chi connectivity index (χ0n) is 18.4. The molecular formula is C24H22FN5O3. The van der Waals surface area contributed by atoms with Gasteiger partial charge in [-0.15, -0.1) is 0 Å². The Labute approximate surface area is 189 Å². The maximum atomic E-state index is 13.6. The Bertz CT molecular complexity index is 1310. The van der Waals surface area contributed by atoms with Crippen molar-refractivity contribution >= 4 is 23.4 Å². The van der Waals surface area contributed by atoms with Gasteiger partial charge in [-0.25, -0.2) is 18.9 Å². The molecule has 2 amide bonds. The minimum absolute atomic E-state index is 0.175. The van der Waals surface area contributed by atoms with Crippen LogP contribution in [0.1, 0.15) is 37.8 Å². The highest BCUT2D eigenvalue weighted by Crippen LogP contribution is 2.46. The fourth-order valence-electron chi connectivity index (χ4n) is 4.70. The SMILES string of the molecule is CC(C)(C)n1ncc2c1N=C1NC(=O)N(c3ccc(F)cc3)[C@@H]1[C@@H]2c1ccc2c(c1)OCO2. The van der Waals surface area contributed by atoms with E-state index in [2.05, 4.69) is 31.2 Å². The topological polar surface area (TPSA) is 81.0 Å². The van der Waals surface area contributed by atoms with Gasteiger partial charge in [0.1, 0.15) is 17.7 Å². The third kappa shape index (κ3) is 2.99. The lowest BCUT2D eigenvalue weighted by Crippen LogP contribution is -2.42. The average molecular weight is 447 g/mol. The number of hydrogen-bond acceptors (Lipinski definition) is 5. The highest BCUT2D eigenvalue weighted by atomic mass is 19.1. The fraction of sp³-hybridized carbons (Fsp3) is 0.292. The standard InChI is InChI=1S/C24H22FN5O3/c1-24(2,3)30-22-16(11-26-30)19(13-4-9-17-18(10-13)33-12-32-17)20-21(27-22)28-23(31)29(20)15-7-5-14(25)6-8-15/h4-11,19-20H,12H2,1-3H3,(H,27,28,31)/t19-,20-/m1/s1. The van der Waals surface area contributed by atoms with E-state index in [1.54, 1.807) is 17.0 Å². The van der Waals surface area contributed by atoms with Crippen LogP contribution in [-0.4, -0.2) is 34.5 Å². The van der Waals surface area contributed by atoms with Gasteiger partial charge in [-0.05, 0) is 62.7 Å². The first-order valence-electron chi connectivity index (χ1n) is 10.7. The number of ether oxygens (including phenoxy) is 2. The largest absolute Gasteiger partial charge is 0.454 e. The van der Waals surface area contributed by atoms with Gasteiger partial charge in [0.2, 0.25) is 6.79 Å². The number of fused-ring (bicyclic) bond motifs is 3. The summed E-state index contributed by atoms with van der Waals surface area (Å²) in [6, 6.07) is 10.9. The van der Waals surface area contributed by atoms with Crippen LogP contribution in [0.4, 0.5) is 20.7 Å². The summed E-state index contributed by atoms with van der Waals surface area (Å²) in [5.74, 6) is 1.94. The molecular weight excluding hydrogens is 425 g/mol. The summed E-state index contributed by atoms with van der Waals surface area (Å²) < 4.78 is 26.6. The molecule has 0 spiro atoms. The molecule has 1 saturated heterocycles. The van der Waals surface area contributed by atoms with Gasteiger partial charge in [0, 0.05) is 17.2 Å². The smallest absolute Gasteiger partial charge is 0.328 e. The predicted octanol–water partition coefficient (Wildman–Crippen LogP) is 4.28. The number of nitrogens with one attached hydrogen (secondary N) is 1. The first-order chi connectivity index (χ1) is 15.8. The third-order valence-electron chi connectivity index (χ3n) is 6.16. The minimum Gasteiger partial charge on any atom is -0.454 e. The first-order valence-corrected chi connectivity index (χ1v) is 10.7. The molecule has 1 aromatic heterocycles. The molecule has 3 aromatic rings. The molecule has 0 radical (unpaired) electrons. The maximum Gasteiger partial charge on any atom is 0.328 e. The number of urea groups is 1. The van der Waals surface area contributed by atoms with Crippen LogP contribution >= 0.6 is 0 Å². The van der Waals surface area contributed by atoms with Crippen LogP contribution in [0.3, 0.4) is 0 Å². The Kier molecular flexibility index (Phi) is 4.08. The van der Waals surface area contributed by atoms with Crippen molar-refractivity contribution in [1.82, 2.24) is 15.1 Å². The Morgan fingerprint density at radius 2 is 1.85 bits per heavy atom. The van der Waals surface area contributed by atoms with Gasteiger partial charge in [0.15, 0.2) is 17.3 Å². The van der Waals surface area contributed by atoms with Crippen molar-refractivity contribution in [3.63, 3.8) is 0 Å². The molecule has 0 aliphatic carbocycles. The number of amidine groups is 1. The number of benzene rings is 2. The predicted molar refractivity (Wildman–Crippen MR) is 120 cm³/mol. The lowest BCUT2D eigenvalue weighted by Gasteiger charge is -2.33. The van der Waals surface area contributed by atoms with Crippen LogP contribution in [0.5, 0.6) is 11.5 Å². The third-order valence-corrected chi connectivity index (χ3v) is 6.16. The van der Waals surface area contributed by atoms with Crippen LogP contribution in [0.25, 0.3) is 0 Å². The molecule has 8 nitrogen and oxygen atoms in total. The second-order valence-corrected chi connectivity index (χ2v) is 9.31. The number of nitrogens with zero attached hydrogens (tertiary/aromatic N) is 4. The van der Waals surface area contributed by atoms with Gasteiger partial charge in [0.05, 0.1) is 11.7 Å². The maximum absolute atomic E-state index is 13.6. The summed E-state index contributed by atoms with van der Waals surface area (Å²) in [4.78, 5) is 19.6. The normalized spacial score (nSPS) is 20.9. The van der Waals surface area contributed by atoms with Crippen molar-refractivity contribution in [2.75, 3.05) is 11.7 Å². The van der Waals surface area contributed by atoms with E-state index in [0.717, 1.165) is 11.1 Å². The van der Waals surface area contributed by atoms with E-state index in [1.807, 2.05) is 29.1 Å². The lowest BCUT2D eigenvalue weighted by atomic mass is 9.83. The van der Waals surface area contributed by atoms with E-state index in [0.29, 0.717) is 28.8 Å². The zero-order valence-corrected chi connectivity index (χ0v) is 18.4. The minimum atomic E-state index is -0.451. The van der Waals surface area contributed by atoms with Crippen molar-refractivity contribution in [2.45, 2.75) is 38.3 Å². The molecule has 0 bridgehead atoms. The lowest BCUT2D eigenvalue weighted by molar-refractivity contribution is 0.174. The Balaban J connectivity index is 1.55. The number of halogens is 1. The highest BCUT2D eigenvalue weighted by molar-refractivity contribution is 6.18. The summed E-state index contributed by atoms with van der Waals surface area (Å²) in [5.41, 5.74) is 2.13. The number of carbonyl (C=O) groups is 1. The van der Waals surface area contributed by atoms with E-state index < -0.39 is 6.04 Å². The number of aliphatic imine (C=N–C) groups is 1. The van der Waals surface area contributed by atoms with Gasteiger partial charge in [0.25, 0.3) is 0 Å². The molecule has 1 N–H and O–H groups in total. The van der Waals surface area contributed by atoms with Gasteiger partial charge < -0.3 is 9.47 Å². The van der Waals surface area contributed by atoms with Crippen molar-refractivity contribution in [3.8, 4) is 11.5 Å². The van der Waals surface area contributed by atoms with Gasteiger partial charge >= 0.3 is 6.03 Å². The van der Waals surface area contributed by atoms with Crippen LogP contribution < -0.4 is 19.7 Å². The zero-order chi connectivity index (χ0) is 22.9. The van der Waals surface area contributed by atoms with Crippen LogP contribution in [0.2, 0.25) is 0 Å². The summed E-state index contributed by atoms with van der Waals surface area (Å²) in [6.07, 6.45) is 1.82. The quantitative estimate of drug-likeness (QED) is 0.636. The number of rotatable bonds is 2. The Morgan fingerprint density at radius 3 is 2.61 bits per heavy atom. The number of aromatic nitrogens is 2. The summed E-state index contributed by atoms with van der Waals surface area (Å²) >= 11 is 0.